The van der Waals surface area contributed by atoms with Gasteiger partial charge in [-0.3, -0.25) is 4.79 Å². The molecule has 1 saturated heterocycles. The number of halogens is 2. The van der Waals surface area contributed by atoms with Crippen LogP contribution in [0.5, 0.6) is 0 Å². The summed E-state index contributed by atoms with van der Waals surface area (Å²) < 4.78 is 27.1. The van der Waals surface area contributed by atoms with E-state index < -0.39 is 11.8 Å². The van der Waals surface area contributed by atoms with E-state index in [1.54, 1.807) is 0 Å². The maximum atomic E-state index is 13.5. The van der Waals surface area contributed by atoms with E-state index in [2.05, 4.69) is 0 Å². The van der Waals surface area contributed by atoms with E-state index in [0.29, 0.717) is 13.0 Å². The lowest BCUT2D eigenvalue weighted by atomic mass is 9.79. The first-order valence-electron chi connectivity index (χ1n) is 5.40. The summed E-state index contributed by atoms with van der Waals surface area (Å²) in [6.45, 7) is 0.578. The zero-order valence-corrected chi connectivity index (χ0v) is 8.59. The summed E-state index contributed by atoms with van der Waals surface area (Å²) in [7, 11) is 0. The maximum Gasteiger partial charge on any atom is 0.252 e. The number of rotatable bonds is 1. The molecule has 86 valence electrons. The zero-order valence-electron chi connectivity index (χ0n) is 8.59. The van der Waals surface area contributed by atoms with E-state index in [-0.39, 0.29) is 31.3 Å². The van der Waals surface area contributed by atoms with Crippen LogP contribution in [0.15, 0.2) is 0 Å². The van der Waals surface area contributed by atoms with Crippen LogP contribution in [-0.4, -0.2) is 36.4 Å². The van der Waals surface area contributed by atoms with Crippen molar-refractivity contribution in [2.45, 2.75) is 25.2 Å². The average molecular weight is 218 g/mol. The molecule has 1 heterocycles. The van der Waals surface area contributed by atoms with Gasteiger partial charge in [0.2, 0.25) is 5.91 Å². The van der Waals surface area contributed by atoms with Crippen molar-refractivity contribution < 1.29 is 13.6 Å². The number of nitrogens with two attached hydrogens (primary N) is 1. The van der Waals surface area contributed by atoms with Gasteiger partial charge in [-0.1, -0.05) is 0 Å². The monoisotopic (exact) mass is 218 g/mol. The van der Waals surface area contributed by atoms with Crippen LogP contribution in [0, 0.1) is 11.8 Å². The van der Waals surface area contributed by atoms with Crippen LogP contribution >= 0.6 is 0 Å². The lowest BCUT2D eigenvalue weighted by molar-refractivity contribution is -0.129. The van der Waals surface area contributed by atoms with Crippen molar-refractivity contribution >= 4 is 5.91 Å². The summed E-state index contributed by atoms with van der Waals surface area (Å²) in [4.78, 5) is 12.8. The molecule has 0 aromatic carbocycles. The molecule has 2 aliphatic rings. The molecule has 2 atom stereocenters. The van der Waals surface area contributed by atoms with Crippen molar-refractivity contribution in [2.24, 2.45) is 17.6 Å². The van der Waals surface area contributed by atoms with Crippen LogP contribution in [0.2, 0.25) is 0 Å². The topological polar surface area (TPSA) is 46.3 Å². The third-order valence-electron chi connectivity index (χ3n) is 3.60. The molecule has 1 aliphatic carbocycles. The Kier molecular flexibility index (Phi) is 2.66. The summed E-state index contributed by atoms with van der Waals surface area (Å²) in [5, 5.41) is 0. The SMILES string of the molecule is NCC(=O)N1C[C@@H]2CCCC(F)(F)[C@@H]2C1. The molecule has 2 fully saturated rings. The normalized spacial score (nSPS) is 33.9. The standard InChI is InChI=1S/C10H16F2N2O/c11-10(12)3-1-2-7-5-14(6-8(7)10)9(15)4-13/h7-8H,1-6,13H2/t7-,8+/m0/s1. The second-order valence-corrected chi connectivity index (χ2v) is 4.52. The molecule has 1 saturated carbocycles. The Balaban J connectivity index is 2.08. The molecule has 0 bridgehead atoms. The van der Waals surface area contributed by atoms with Gasteiger partial charge < -0.3 is 10.6 Å². The summed E-state index contributed by atoms with van der Waals surface area (Å²) in [5.41, 5.74) is 5.23. The fraction of sp³-hybridized carbons (Fsp3) is 0.900. The summed E-state index contributed by atoms with van der Waals surface area (Å²) in [6, 6.07) is 0. The molecule has 1 amide bonds. The molecular formula is C10H16F2N2O. The maximum absolute atomic E-state index is 13.5. The summed E-state index contributed by atoms with van der Waals surface area (Å²) >= 11 is 0. The van der Waals surface area contributed by atoms with Crippen molar-refractivity contribution in [3.05, 3.63) is 0 Å². The fourth-order valence-electron chi connectivity index (χ4n) is 2.76. The lowest BCUT2D eigenvalue weighted by Crippen LogP contribution is -2.38. The second-order valence-electron chi connectivity index (χ2n) is 4.52. The Hall–Kier alpha value is -0.710. The number of fused-ring (bicyclic) bond motifs is 1. The van der Waals surface area contributed by atoms with Crippen molar-refractivity contribution in [2.75, 3.05) is 19.6 Å². The number of hydrogen-bond acceptors (Lipinski definition) is 2. The first-order chi connectivity index (χ1) is 7.04. The van der Waals surface area contributed by atoms with Crippen LogP contribution in [0.1, 0.15) is 19.3 Å². The number of alkyl halides is 2. The van der Waals surface area contributed by atoms with Gasteiger partial charge in [-0.2, -0.15) is 0 Å². The summed E-state index contributed by atoms with van der Waals surface area (Å²) in [5.74, 6) is -3.46. The highest BCUT2D eigenvalue weighted by molar-refractivity contribution is 5.78. The highest BCUT2D eigenvalue weighted by Gasteiger charge is 2.51. The molecular weight excluding hydrogens is 202 g/mol. The molecule has 1 aliphatic heterocycles. The fourth-order valence-corrected chi connectivity index (χ4v) is 2.76. The quantitative estimate of drug-likeness (QED) is 0.709. The largest absolute Gasteiger partial charge is 0.341 e. The number of likely N-dealkylation sites (tertiary alicyclic amines) is 1. The van der Waals surface area contributed by atoms with Gasteiger partial charge in [-0.25, -0.2) is 8.78 Å². The Morgan fingerprint density at radius 3 is 2.80 bits per heavy atom. The van der Waals surface area contributed by atoms with Gasteiger partial charge in [0.05, 0.1) is 6.54 Å². The Morgan fingerprint density at radius 1 is 1.47 bits per heavy atom. The average Bonchev–Trinajstić information content (AvgIpc) is 2.61. The summed E-state index contributed by atoms with van der Waals surface area (Å²) in [6.07, 6.45) is 1.35. The van der Waals surface area contributed by atoms with Gasteiger partial charge in [0, 0.05) is 25.4 Å². The second kappa shape index (κ2) is 3.70. The number of nitrogens with zero attached hydrogens (tertiary/aromatic N) is 1. The Morgan fingerprint density at radius 2 is 2.20 bits per heavy atom. The number of hydrogen-bond donors (Lipinski definition) is 1. The van der Waals surface area contributed by atoms with Gasteiger partial charge in [-0.05, 0) is 18.8 Å². The van der Waals surface area contributed by atoms with Crippen LogP contribution in [0.3, 0.4) is 0 Å². The van der Waals surface area contributed by atoms with Crippen LogP contribution < -0.4 is 5.73 Å². The third-order valence-corrected chi connectivity index (χ3v) is 3.60. The van der Waals surface area contributed by atoms with Gasteiger partial charge in [0.15, 0.2) is 0 Å². The van der Waals surface area contributed by atoms with Crippen molar-refractivity contribution in [1.29, 1.82) is 0 Å². The third kappa shape index (κ3) is 1.85. The van der Waals surface area contributed by atoms with Crippen LogP contribution in [0.4, 0.5) is 8.78 Å². The molecule has 2 rings (SSSR count). The predicted octanol–water partition coefficient (Wildman–Crippen LogP) is 0.839. The first kappa shape index (κ1) is 10.8. The number of amides is 1. The minimum Gasteiger partial charge on any atom is -0.341 e. The number of carbonyl (C=O) groups is 1. The van der Waals surface area contributed by atoms with Crippen LogP contribution in [-0.2, 0) is 4.79 Å². The molecule has 3 nitrogen and oxygen atoms in total. The molecule has 2 N–H and O–H groups in total. The van der Waals surface area contributed by atoms with Gasteiger partial charge >= 0.3 is 0 Å². The minimum atomic E-state index is -2.59. The molecule has 0 aromatic heterocycles. The van der Waals surface area contributed by atoms with Crippen LogP contribution in [0.25, 0.3) is 0 Å². The molecule has 0 unspecified atom stereocenters. The highest BCUT2D eigenvalue weighted by Crippen LogP contribution is 2.45. The van der Waals surface area contributed by atoms with Gasteiger partial charge in [0.25, 0.3) is 5.92 Å². The Bertz CT molecular complexity index is 270. The van der Waals surface area contributed by atoms with Gasteiger partial charge in [-0.15, -0.1) is 0 Å². The number of carbonyl (C=O) groups excluding carboxylic acids is 1. The van der Waals surface area contributed by atoms with Crippen molar-refractivity contribution in [1.82, 2.24) is 4.90 Å². The molecule has 0 radical (unpaired) electrons. The van der Waals surface area contributed by atoms with E-state index >= 15 is 0 Å². The van der Waals surface area contributed by atoms with Gasteiger partial charge in [0.1, 0.15) is 0 Å². The first-order valence-corrected chi connectivity index (χ1v) is 5.40. The smallest absolute Gasteiger partial charge is 0.252 e. The van der Waals surface area contributed by atoms with Crippen molar-refractivity contribution in [3.8, 4) is 0 Å². The van der Waals surface area contributed by atoms with E-state index in [1.807, 2.05) is 0 Å². The highest BCUT2D eigenvalue weighted by atomic mass is 19.3. The zero-order chi connectivity index (χ0) is 11.1. The molecule has 15 heavy (non-hydrogen) atoms. The Labute approximate surface area is 87.6 Å². The van der Waals surface area contributed by atoms with E-state index in [0.717, 1.165) is 6.42 Å². The van der Waals surface area contributed by atoms with E-state index in [9.17, 15) is 13.6 Å². The molecule has 0 aromatic rings. The lowest BCUT2D eigenvalue weighted by Gasteiger charge is -2.32. The predicted molar refractivity (Wildman–Crippen MR) is 51.4 cm³/mol. The molecule has 0 spiro atoms. The van der Waals surface area contributed by atoms with Crippen molar-refractivity contribution in [3.63, 3.8) is 0 Å². The minimum absolute atomic E-state index is 0.0238. The van der Waals surface area contributed by atoms with E-state index in [4.69, 9.17) is 5.73 Å². The van der Waals surface area contributed by atoms with E-state index in [1.165, 1.54) is 4.90 Å². The molecule has 5 heteroatoms.